The molecule has 1 atom stereocenters. The topological polar surface area (TPSA) is 96.4 Å². The molecular weight excluding hydrogens is 502 g/mol. The summed E-state index contributed by atoms with van der Waals surface area (Å²) < 4.78 is 82.9. The second kappa shape index (κ2) is 8.91. The van der Waals surface area contributed by atoms with E-state index in [1.54, 1.807) is 19.3 Å². The third kappa shape index (κ3) is 4.22. The molecule has 0 fully saturated rings. The highest BCUT2D eigenvalue weighted by atomic mass is 35.5. The van der Waals surface area contributed by atoms with Gasteiger partial charge in [-0.2, -0.15) is 22.0 Å². The van der Waals surface area contributed by atoms with Gasteiger partial charge in [-0.05, 0) is 18.2 Å². The maximum atomic E-state index is 14.1. The summed E-state index contributed by atoms with van der Waals surface area (Å²) in [6, 6.07) is 1.70. The molecule has 8 nitrogen and oxygen atoms in total. The van der Waals surface area contributed by atoms with Crippen LogP contribution in [0.25, 0.3) is 22.6 Å². The van der Waals surface area contributed by atoms with Crippen molar-refractivity contribution in [2.24, 2.45) is 0 Å². The van der Waals surface area contributed by atoms with E-state index in [1.807, 2.05) is 0 Å². The van der Waals surface area contributed by atoms with Crippen LogP contribution in [0.4, 0.5) is 32.2 Å². The van der Waals surface area contributed by atoms with Crippen LogP contribution < -0.4 is 10.6 Å². The fourth-order valence-corrected chi connectivity index (χ4v) is 3.93. The number of halogens is 7. The molecule has 0 radical (unpaired) electrons. The van der Waals surface area contributed by atoms with Crippen LogP contribution in [0.1, 0.15) is 11.9 Å². The molecule has 4 heterocycles. The Labute approximate surface area is 199 Å². The number of allylic oxidation sites excluding steroid dienone is 1. The molecule has 15 heteroatoms. The minimum Gasteiger partial charge on any atom is -0.375 e. The molecule has 0 bridgehead atoms. The molecule has 35 heavy (non-hydrogen) atoms. The summed E-state index contributed by atoms with van der Waals surface area (Å²) in [5.41, 5.74) is 1.10. The van der Waals surface area contributed by atoms with Crippen molar-refractivity contribution in [1.82, 2.24) is 29.6 Å². The van der Waals surface area contributed by atoms with E-state index in [0.717, 1.165) is 6.21 Å². The molecule has 0 aromatic carbocycles. The zero-order chi connectivity index (χ0) is 25.5. The summed E-state index contributed by atoms with van der Waals surface area (Å²) in [6.07, 6.45) is -0.483. The Bertz CT molecular complexity index is 1300. The number of anilines is 1. The maximum absolute atomic E-state index is 14.1. The number of nitrogens with zero attached hydrogens (tertiary/aromatic N) is 5. The van der Waals surface area contributed by atoms with E-state index in [0.29, 0.717) is 27.3 Å². The molecule has 1 aliphatic rings. The van der Waals surface area contributed by atoms with Gasteiger partial charge in [-0.25, -0.2) is 9.37 Å². The van der Waals surface area contributed by atoms with Gasteiger partial charge in [0.15, 0.2) is 5.82 Å². The minimum atomic E-state index is -5.92. The van der Waals surface area contributed by atoms with Crippen molar-refractivity contribution < 1.29 is 26.3 Å². The van der Waals surface area contributed by atoms with Crippen LogP contribution >= 0.6 is 11.6 Å². The van der Waals surface area contributed by atoms with Gasteiger partial charge in [0.05, 0.1) is 16.8 Å². The Morgan fingerprint density at radius 1 is 1.26 bits per heavy atom. The molecule has 0 saturated heterocycles. The molecule has 0 amide bonds. The zero-order valence-corrected chi connectivity index (χ0v) is 18.6. The predicted molar refractivity (Wildman–Crippen MR) is 116 cm³/mol. The minimum absolute atomic E-state index is 0.170. The summed E-state index contributed by atoms with van der Waals surface area (Å²) >= 11 is 6.31. The fraction of sp³-hybridized carbons (Fsp3) is 0.300. The van der Waals surface area contributed by atoms with E-state index < -0.39 is 30.6 Å². The lowest BCUT2D eigenvalue weighted by Crippen LogP contribution is -2.38. The number of fused-ring (bicyclic) bond motifs is 3. The highest BCUT2D eigenvalue weighted by Gasteiger charge is 2.63. The van der Waals surface area contributed by atoms with Crippen LogP contribution in [0.3, 0.4) is 0 Å². The lowest BCUT2D eigenvalue weighted by molar-refractivity contribution is -0.293. The SMILES string of the molecule is CN/C(=C\C=N)Nc1cc(-c2cc3n(c2)C[C@H](CF)n2c-3nnc2C(F)(F)C(F)(F)F)c(Cl)cn1. The van der Waals surface area contributed by atoms with Crippen molar-refractivity contribution in [3.8, 4) is 22.6 Å². The molecule has 3 aromatic heterocycles. The van der Waals surface area contributed by atoms with Crippen molar-refractivity contribution in [2.45, 2.75) is 24.7 Å². The van der Waals surface area contributed by atoms with E-state index in [9.17, 15) is 26.3 Å². The molecular formula is C20H17ClF6N8. The van der Waals surface area contributed by atoms with Crippen LogP contribution in [0.2, 0.25) is 5.02 Å². The van der Waals surface area contributed by atoms with Gasteiger partial charge >= 0.3 is 12.1 Å². The summed E-state index contributed by atoms with van der Waals surface area (Å²) in [7, 11) is 1.63. The smallest absolute Gasteiger partial charge is 0.375 e. The van der Waals surface area contributed by atoms with Gasteiger partial charge in [-0.15, -0.1) is 10.2 Å². The first kappa shape index (κ1) is 24.6. The van der Waals surface area contributed by atoms with Crippen molar-refractivity contribution >= 4 is 23.6 Å². The van der Waals surface area contributed by atoms with E-state index in [-0.39, 0.29) is 23.1 Å². The second-order valence-electron chi connectivity index (χ2n) is 7.54. The summed E-state index contributed by atoms with van der Waals surface area (Å²) in [5, 5.41) is 19.8. The van der Waals surface area contributed by atoms with Crippen molar-refractivity contribution in [3.63, 3.8) is 0 Å². The normalized spacial score (nSPS) is 16.0. The Morgan fingerprint density at radius 3 is 2.63 bits per heavy atom. The van der Waals surface area contributed by atoms with Gasteiger partial charge in [0, 0.05) is 43.3 Å². The van der Waals surface area contributed by atoms with Gasteiger partial charge in [0.25, 0.3) is 0 Å². The van der Waals surface area contributed by atoms with E-state index in [1.165, 1.54) is 22.9 Å². The number of hydrogen-bond acceptors (Lipinski definition) is 6. The standard InChI is InChI=1S/C20H17ClF6N8/c1-29-15(2-3-28)31-16-5-12(13(21)7-30-16)10-4-14-17-32-33-18(19(23,24)20(25,26)27)35(17)11(6-22)9-34(14)8-10/h2-5,7-8,11,28-29H,6,9H2,1H3,(H,30,31)/b15-2+,28-3?/t11-/m0/s1. The average Bonchev–Trinajstić information content (AvgIpc) is 3.43. The van der Waals surface area contributed by atoms with Crippen LogP contribution in [-0.4, -0.2) is 50.4 Å². The summed E-state index contributed by atoms with van der Waals surface area (Å²) in [5.74, 6) is -6.48. The number of rotatable bonds is 7. The lowest BCUT2D eigenvalue weighted by atomic mass is 10.1. The van der Waals surface area contributed by atoms with Crippen LogP contribution in [0.5, 0.6) is 0 Å². The first-order chi connectivity index (χ1) is 16.5. The number of alkyl halides is 6. The fourth-order valence-electron chi connectivity index (χ4n) is 3.71. The van der Waals surface area contributed by atoms with Gasteiger partial charge in [-0.3, -0.25) is 4.57 Å². The van der Waals surface area contributed by atoms with Crippen molar-refractivity contribution in [1.29, 1.82) is 5.41 Å². The Morgan fingerprint density at radius 2 is 2.00 bits per heavy atom. The quantitative estimate of drug-likeness (QED) is 0.309. The number of aromatic nitrogens is 5. The Balaban J connectivity index is 1.79. The molecule has 0 saturated carbocycles. The highest BCUT2D eigenvalue weighted by molar-refractivity contribution is 6.33. The van der Waals surface area contributed by atoms with Crippen LogP contribution in [0, 0.1) is 5.41 Å². The third-order valence-electron chi connectivity index (χ3n) is 5.36. The first-order valence-corrected chi connectivity index (χ1v) is 10.4. The first-order valence-electron chi connectivity index (χ1n) is 9.99. The monoisotopic (exact) mass is 518 g/mol. The van der Waals surface area contributed by atoms with Gasteiger partial charge < -0.3 is 20.6 Å². The number of nitrogens with one attached hydrogen (secondary N) is 3. The van der Waals surface area contributed by atoms with E-state index in [4.69, 9.17) is 17.0 Å². The largest absolute Gasteiger partial charge is 0.461 e. The predicted octanol–water partition coefficient (Wildman–Crippen LogP) is 4.76. The van der Waals surface area contributed by atoms with Gasteiger partial charge in [0.1, 0.15) is 18.3 Å². The zero-order valence-electron chi connectivity index (χ0n) is 17.8. The van der Waals surface area contributed by atoms with Gasteiger partial charge in [0.2, 0.25) is 5.82 Å². The van der Waals surface area contributed by atoms with Crippen LogP contribution in [-0.2, 0) is 12.5 Å². The maximum Gasteiger partial charge on any atom is 0.461 e. The lowest BCUT2D eigenvalue weighted by Gasteiger charge is -2.28. The molecule has 1 aliphatic heterocycles. The number of hydrogen-bond donors (Lipinski definition) is 3. The number of pyridine rings is 1. The van der Waals surface area contributed by atoms with Crippen LogP contribution in [0.15, 0.2) is 36.4 Å². The highest BCUT2D eigenvalue weighted by Crippen LogP contribution is 2.46. The third-order valence-corrected chi connectivity index (χ3v) is 5.66. The molecule has 4 rings (SSSR count). The second-order valence-corrected chi connectivity index (χ2v) is 7.94. The Kier molecular flexibility index (Phi) is 6.25. The van der Waals surface area contributed by atoms with Gasteiger partial charge in [-0.1, -0.05) is 11.6 Å². The molecule has 0 spiro atoms. The molecule has 186 valence electrons. The molecule has 3 aromatic rings. The summed E-state index contributed by atoms with van der Waals surface area (Å²) in [6.45, 7) is -1.44. The molecule has 0 unspecified atom stereocenters. The molecule has 0 aliphatic carbocycles. The Hall–Kier alpha value is -3.55. The van der Waals surface area contributed by atoms with Crippen molar-refractivity contribution in [2.75, 3.05) is 19.0 Å². The summed E-state index contributed by atoms with van der Waals surface area (Å²) in [4.78, 5) is 4.16. The van der Waals surface area contributed by atoms with E-state index >= 15 is 0 Å². The average molecular weight is 519 g/mol. The van der Waals surface area contributed by atoms with Crippen molar-refractivity contribution in [3.05, 3.63) is 47.3 Å². The van der Waals surface area contributed by atoms with E-state index in [2.05, 4.69) is 25.8 Å². The molecule has 3 N–H and O–H groups in total.